The van der Waals surface area contributed by atoms with Crippen LogP contribution in [0.5, 0.6) is 0 Å². The number of hydrogen-bond donors (Lipinski definition) is 0. The van der Waals surface area contributed by atoms with E-state index in [9.17, 15) is 4.79 Å². The molecular weight excluding hydrogens is 288 g/mol. The Hall–Kier alpha value is -2.27. The van der Waals surface area contributed by atoms with Crippen LogP contribution in [0.2, 0.25) is 5.15 Å². The van der Waals surface area contributed by atoms with Gasteiger partial charge in [0.15, 0.2) is 11.5 Å². The van der Waals surface area contributed by atoms with Crippen molar-refractivity contribution in [3.63, 3.8) is 0 Å². The van der Waals surface area contributed by atoms with Crippen molar-refractivity contribution < 1.29 is 4.79 Å². The van der Waals surface area contributed by atoms with E-state index in [0.29, 0.717) is 17.4 Å². The van der Waals surface area contributed by atoms with E-state index < -0.39 is 0 Å². The molecule has 3 aromatic rings. The Morgan fingerprint density at radius 1 is 1.33 bits per heavy atom. The summed E-state index contributed by atoms with van der Waals surface area (Å²) in [4.78, 5) is 15.8. The van der Waals surface area contributed by atoms with E-state index in [1.807, 2.05) is 37.3 Å². The minimum absolute atomic E-state index is 0.0958. The molecule has 5 nitrogen and oxygen atoms in total. The molecule has 0 unspecified atom stereocenters. The molecule has 2 heterocycles. The van der Waals surface area contributed by atoms with Gasteiger partial charge in [0.05, 0.1) is 17.8 Å². The highest BCUT2D eigenvalue weighted by Gasteiger charge is 2.14. The minimum atomic E-state index is -0.0958. The molecule has 21 heavy (non-hydrogen) atoms. The first-order chi connectivity index (χ1) is 10.1. The zero-order valence-corrected chi connectivity index (χ0v) is 12.4. The zero-order chi connectivity index (χ0) is 15.0. The van der Waals surface area contributed by atoms with Crippen LogP contribution in [-0.4, -0.2) is 25.8 Å². The third-order valence-electron chi connectivity index (χ3n) is 3.39. The maximum absolute atomic E-state index is 11.4. The minimum Gasteiger partial charge on any atom is -0.293 e. The number of para-hydroxylation sites is 1. The van der Waals surface area contributed by atoms with Crippen molar-refractivity contribution in [1.82, 2.24) is 20.0 Å². The van der Waals surface area contributed by atoms with Crippen molar-refractivity contribution >= 4 is 28.3 Å². The van der Waals surface area contributed by atoms with Crippen molar-refractivity contribution in [1.29, 1.82) is 0 Å². The molecule has 0 spiro atoms. The number of hydrogen-bond acceptors (Lipinski definition) is 4. The van der Waals surface area contributed by atoms with Crippen molar-refractivity contribution in [3.05, 3.63) is 52.4 Å². The third-order valence-corrected chi connectivity index (χ3v) is 3.71. The van der Waals surface area contributed by atoms with E-state index in [2.05, 4.69) is 15.3 Å². The summed E-state index contributed by atoms with van der Waals surface area (Å²) in [5.41, 5.74) is 2.82. The molecule has 6 heteroatoms. The number of rotatable bonds is 3. The Labute approximate surface area is 126 Å². The quantitative estimate of drug-likeness (QED) is 0.551. The Balaban J connectivity index is 2.02. The first-order valence-electron chi connectivity index (χ1n) is 6.51. The number of fused-ring (bicyclic) bond motifs is 1. The van der Waals surface area contributed by atoms with E-state index in [-0.39, 0.29) is 5.78 Å². The molecular formula is C15H13ClN4O. The van der Waals surface area contributed by atoms with Gasteiger partial charge in [0.2, 0.25) is 0 Å². The van der Waals surface area contributed by atoms with Crippen LogP contribution in [0.4, 0.5) is 0 Å². The predicted molar refractivity (Wildman–Crippen MR) is 80.6 cm³/mol. The molecule has 3 rings (SSSR count). The van der Waals surface area contributed by atoms with Gasteiger partial charge < -0.3 is 0 Å². The molecule has 1 aromatic carbocycles. The number of nitrogens with zero attached hydrogens (tertiary/aromatic N) is 4. The molecule has 0 aliphatic carbocycles. The number of aromatic nitrogens is 4. The Morgan fingerprint density at radius 3 is 2.81 bits per heavy atom. The van der Waals surface area contributed by atoms with Crippen LogP contribution in [-0.2, 0) is 6.54 Å². The smallest absolute Gasteiger partial charge is 0.181 e. The number of Topliss-reactive ketones (excluding diaryl/α,β-unsaturated/α-hetero) is 1. The van der Waals surface area contributed by atoms with Gasteiger partial charge in [0.1, 0.15) is 5.15 Å². The van der Waals surface area contributed by atoms with Crippen molar-refractivity contribution in [2.75, 3.05) is 0 Å². The number of pyridine rings is 1. The standard InChI is InChI=1S/C15H13ClN4O/c1-9-14(10(2)21)18-19-20(9)8-12-7-11-5-3-4-6-13(11)17-15(12)16/h3-7H,8H2,1-2H3. The summed E-state index contributed by atoms with van der Waals surface area (Å²) < 4.78 is 1.66. The summed E-state index contributed by atoms with van der Waals surface area (Å²) in [7, 11) is 0. The highest BCUT2D eigenvalue weighted by Crippen LogP contribution is 2.21. The molecule has 0 aliphatic heterocycles. The van der Waals surface area contributed by atoms with Gasteiger partial charge in [-0.15, -0.1) is 5.10 Å². The summed E-state index contributed by atoms with van der Waals surface area (Å²) in [5.74, 6) is -0.0958. The lowest BCUT2D eigenvalue weighted by atomic mass is 10.1. The summed E-state index contributed by atoms with van der Waals surface area (Å²) in [6.45, 7) is 3.73. The fourth-order valence-corrected chi connectivity index (χ4v) is 2.45. The third kappa shape index (κ3) is 2.52. The SMILES string of the molecule is CC(=O)c1nnn(Cc2cc3ccccc3nc2Cl)c1C. The average molecular weight is 301 g/mol. The molecule has 0 fully saturated rings. The van der Waals surface area contributed by atoms with E-state index in [1.165, 1.54) is 6.92 Å². The van der Waals surface area contributed by atoms with Crippen LogP contribution in [0.3, 0.4) is 0 Å². The molecule has 0 saturated carbocycles. The van der Waals surface area contributed by atoms with Gasteiger partial charge in [0.25, 0.3) is 0 Å². The van der Waals surface area contributed by atoms with Crippen molar-refractivity contribution in [2.24, 2.45) is 0 Å². The van der Waals surface area contributed by atoms with Crippen LogP contribution >= 0.6 is 11.6 Å². The summed E-state index contributed by atoms with van der Waals surface area (Å²) in [6, 6.07) is 9.76. The molecule has 2 aromatic heterocycles. The van der Waals surface area contributed by atoms with Gasteiger partial charge in [-0.1, -0.05) is 35.0 Å². The first-order valence-corrected chi connectivity index (χ1v) is 6.89. The lowest BCUT2D eigenvalue weighted by Crippen LogP contribution is -2.06. The normalized spacial score (nSPS) is 11.0. The fourth-order valence-electron chi connectivity index (χ4n) is 2.24. The molecule has 0 N–H and O–H groups in total. The predicted octanol–water partition coefficient (Wildman–Crippen LogP) is 3.04. The van der Waals surface area contributed by atoms with E-state index in [0.717, 1.165) is 22.2 Å². The maximum Gasteiger partial charge on any atom is 0.181 e. The molecule has 0 bridgehead atoms. The molecule has 0 amide bonds. The highest BCUT2D eigenvalue weighted by atomic mass is 35.5. The molecule has 0 saturated heterocycles. The maximum atomic E-state index is 11.4. The number of ketones is 1. The van der Waals surface area contributed by atoms with Gasteiger partial charge in [-0.05, 0) is 19.1 Å². The molecule has 0 aliphatic rings. The second-order valence-corrected chi connectivity index (χ2v) is 5.23. The Kier molecular flexibility index (Phi) is 3.43. The van der Waals surface area contributed by atoms with Crippen molar-refractivity contribution in [2.45, 2.75) is 20.4 Å². The van der Waals surface area contributed by atoms with Gasteiger partial charge in [-0.25, -0.2) is 9.67 Å². The largest absolute Gasteiger partial charge is 0.293 e. The van der Waals surface area contributed by atoms with Crippen LogP contribution in [0.1, 0.15) is 28.7 Å². The Morgan fingerprint density at radius 2 is 2.10 bits per heavy atom. The topological polar surface area (TPSA) is 60.7 Å². The van der Waals surface area contributed by atoms with E-state index in [1.54, 1.807) is 4.68 Å². The van der Waals surface area contributed by atoms with Gasteiger partial charge in [0, 0.05) is 17.9 Å². The number of halogens is 1. The molecule has 0 radical (unpaired) electrons. The second-order valence-electron chi connectivity index (χ2n) is 4.87. The Bertz CT molecular complexity index is 841. The zero-order valence-electron chi connectivity index (χ0n) is 11.7. The second kappa shape index (κ2) is 5.26. The lowest BCUT2D eigenvalue weighted by Gasteiger charge is -2.07. The van der Waals surface area contributed by atoms with E-state index >= 15 is 0 Å². The van der Waals surface area contributed by atoms with Crippen LogP contribution in [0.25, 0.3) is 10.9 Å². The number of carbonyl (C=O) groups excluding carboxylic acids is 1. The monoisotopic (exact) mass is 300 g/mol. The first kappa shape index (κ1) is 13.7. The van der Waals surface area contributed by atoms with Gasteiger partial charge >= 0.3 is 0 Å². The summed E-state index contributed by atoms with van der Waals surface area (Å²) in [6.07, 6.45) is 0. The fraction of sp³-hybridized carbons (Fsp3) is 0.200. The molecule has 0 atom stereocenters. The average Bonchev–Trinajstić information content (AvgIpc) is 2.81. The van der Waals surface area contributed by atoms with E-state index in [4.69, 9.17) is 11.6 Å². The van der Waals surface area contributed by atoms with Gasteiger partial charge in [-0.2, -0.15) is 0 Å². The van der Waals surface area contributed by atoms with Crippen LogP contribution < -0.4 is 0 Å². The number of carbonyl (C=O) groups is 1. The summed E-state index contributed by atoms with van der Waals surface area (Å²) in [5, 5.41) is 9.37. The highest BCUT2D eigenvalue weighted by molar-refractivity contribution is 6.30. The van der Waals surface area contributed by atoms with Crippen molar-refractivity contribution in [3.8, 4) is 0 Å². The van der Waals surface area contributed by atoms with Crippen LogP contribution in [0, 0.1) is 6.92 Å². The van der Waals surface area contributed by atoms with Crippen LogP contribution in [0.15, 0.2) is 30.3 Å². The lowest BCUT2D eigenvalue weighted by molar-refractivity contribution is 0.101. The molecule has 106 valence electrons. The summed E-state index contributed by atoms with van der Waals surface area (Å²) >= 11 is 6.24. The van der Waals surface area contributed by atoms with Gasteiger partial charge in [-0.3, -0.25) is 4.79 Å². The number of benzene rings is 1.